The molecule has 1 aliphatic carbocycles. The minimum Gasteiger partial charge on any atom is -0.494 e. The second-order valence-corrected chi connectivity index (χ2v) is 7.00. The number of amides is 1. The number of hydrogen-bond acceptors (Lipinski definition) is 6. The molecular formula is C20H22F3N5O2. The predicted octanol–water partition coefficient (Wildman–Crippen LogP) is 4.09. The predicted molar refractivity (Wildman–Crippen MR) is 107 cm³/mol. The normalized spacial score (nSPS) is 15.3. The quantitative estimate of drug-likeness (QED) is 0.559. The molecule has 0 bridgehead atoms. The molecule has 1 fully saturated rings. The van der Waals surface area contributed by atoms with Crippen LogP contribution in [0.1, 0.15) is 53.8 Å². The Labute approximate surface area is 171 Å². The second kappa shape index (κ2) is 9.10. The van der Waals surface area contributed by atoms with Gasteiger partial charge in [0.1, 0.15) is 5.75 Å². The number of nitrogens with one attached hydrogen (secondary N) is 1. The Morgan fingerprint density at radius 3 is 2.50 bits per heavy atom. The van der Waals surface area contributed by atoms with Crippen LogP contribution in [0.4, 0.5) is 24.5 Å². The van der Waals surface area contributed by atoms with E-state index in [4.69, 9.17) is 10.5 Å². The lowest BCUT2D eigenvalue weighted by Gasteiger charge is -2.17. The number of rotatable bonds is 5. The molecule has 1 aliphatic rings. The molecule has 1 heterocycles. The summed E-state index contributed by atoms with van der Waals surface area (Å²) in [5.74, 6) is -1.68. The molecule has 1 aromatic heterocycles. The van der Waals surface area contributed by atoms with Crippen molar-refractivity contribution in [2.24, 2.45) is 4.99 Å². The maximum absolute atomic E-state index is 12.6. The van der Waals surface area contributed by atoms with Gasteiger partial charge in [0.25, 0.3) is 5.91 Å². The first-order chi connectivity index (χ1) is 14.3. The number of anilines is 2. The summed E-state index contributed by atoms with van der Waals surface area (Å²) in [5.41, 5.74) is 7.30. The molecule has 0 unspecified atom stereocenters. The number of aromatic nitrogens is 2. The first-order valence-corrected chi connectivity index (χ1v) is 9.49. The van der Waals surface area contributed by atoms with Crippen LogP contribution in [0, 0.1) is 0 Å². The number of aliphatic imine (C=N–C) groups is 1. The van der Waals surface area contributed by atoms with Crippen LogP contribution in [-0.4, -0.2) is 35.2 Å². The monoisotopic (exact) mass is 421 g/mol. The van der Waals surface area contributed by atoms with Gasteiger partial charge in [0.15, 0.2) is 0 Å². The molecule has 3 rings (SSSR count). The fraction of sp³-hybridized carbons (Fsp3) is 0.400. The number of carbonyl (C=O) groups is 1. The zero-order valence-electron chi connectivity index (χ0n) is 16.4. The molecule has 7 nitrogen and oxygen atoms in total. The number of carbonyl (C=O) groups excluding carboxylic acids is 1. The number of halogens is 3. The number of methoxy groups -OCH3 is 1. The van der Waals surface area contributed by atoms with E-state index in [0.717, 1.165) is 38.1 Å². The lowest BCUT2D eigenvalue weighted by Crippen LogP contribution is -2.16. The highest BCUT2D eigenvalue weighted by molar-refractivity contribution is 6.05. The molecule has 3 N–H and O–H groups in total. The average molecular weight is 421 g/mol. The third-order valence-electron chi connectivity index (χ3n) is 4.82. The van der Waals surface area contributed by atoms with Gasteiger partial charge in [0.2, 0.25) is 5.82 Å². The molecule has 30 heavy (non-hydrogen) atoms. The van der Waals surface area contributed by atoms with Gasteiger partial charge < -0.3 is 15.8 Å². The van der Waals surface area contributed by atoms with Crippen LogP contribution in [0.5, 0.6) is 5.75 Å². The van der Waals surface area contributed by atoms with Gasteiger partial charge in [0, 0.05) is 42.0 Å². The number of nitrogen functional groups attached to an aromatic ring is 1. The van der Waals surface area contributed by atoms with E-state index in [-0.39, 0.29) is 11.6 Å². The molecular weight excluding hydrogens is 399 g/mol. The van der Waals surface area contributed by atoms with E-state index in [1.54, 1.807) is 18.3 Å². The topological polar surface area (TPSA) is 102 Å². The van der Waals surface area contributed by atoms with Crippen molar-refractivity contribution in [2.45, 2.75) is 44.3 Å². The van der Waals surface area contributed by atoms with Crippen molar-refractivity contribution < 1.29 is 22.7 Å². The average Bonchev–Trinajstić information content (AvgIpc) is 2.74. The minimum absolute atomic E-state index is 0.126. The van der Waals surface area contributed by atoms with Crippen LogP contribution in [0.2, 0.25) is 0 Å². The summed E-state index contributed by atoms with van der Waals surface area (Å²) in [5, 5.41) is 2.60. The van der Waals surface area contributed by atoms with Crippen molar-refractivity contribution in [1.82, 2.24) is 9.97 Å². The molecule has 0 radical (unpaired) electrons. The van der Waals surface area contributed by atoms with Crippen LogP contribution in [0.3, 0.4) is 0 Å². The Kier molecular flexibility index (Phi) is 6.53. The fourth-order valence-corrected chi connectivity index (χ4v) is 3.19. The van der Waals surface area contributed by atoms with Crippen molar-refractivity contribution in [2.75, 3.05) is 18.2 Å². The van der Waals surface area contributed by atoms with Crippen LogP contribution in [0.25, 0.3) is 0 Å². The number of alkyl halides is 3. The van der Waals surface area contributed by atoms with Crippen molar-refractivity contribution in [3.63, 3.8) is 0 Å². The Morgan fingerprint density at radius 2 is 1.90 bits per heavy atom. The number of nitrogens with two attached hydrogens (primary N) is 1. The number of hydrogen-bond donors (Lipinski definition) is 2. The molecule has 0 saturated heterocycles. The molecule has 1 aromatic carbocycles. The smallest absolute Gasteiger partial charge is 0.451 e. The molecule has 160 valence electrons. The summed E-state index contributed by atoms with van der Waals surface area (Å²) in [6.45, 7) is 0. The van der Waals surface area contributed by atoms with Crippen LogP contribution in [0.15, 0.2) is 29.5 Å². The van der Waals surface area contributed by atoms with Crippen molar-refractivity contribution >= 4 is 23.5 Å². The minimum atomic E-state index is -4.68. The third-order valence-corrected chi connectivity index (χ3v) is 4.82. The van der Waals surface area contributed by atoms with Gasteiger partial charge in [0.05, 0.1) is 18.4 Å². The van der Waals surface area contributed by atoms with Gasteiger partial charge in [-0.25, -0.2) is 9.97 Å². The molecule has 0 spiro atoms. The zero-order chi connectivity index (χ0) is 21.7. The van der Waals surface area contributed by atoms with Gasteiger partial charge in [-0.2, -0.15) is 13.2 Å². The van der Waals surface area contributed by atoms with Crippen molar-refractivity contribution in [1.29, 1.82) is 0 Å². The van der Waals surface area contributed by atoms with E-state index < -0.39 is 17.9 Å². The lowest BCUT2D eigenvalue weighted by atomic mass is 9.96. The van der Waals surface area contributed by atoms with E-state index in [2.05, 4.69) is 20.3 Å². The number of nitrogens with zero attached hydrogens (tertiary/aromatic N) is 3. The highest BCUT2D eigenvalue weighted by atomic mass is 19.4. The molecule has 1 saturated carbocycles. The lowest BCUT2D eigenvalue weighted by molar-refractivity contribution is -0.145. The van der Waals surface area contributed by atoms with Gasteiger partial charge in [-0.15, -0.1) is 0 Å². The summed E-state index contributed by atoms with van der Waals surface area (Å²) in [6, 6.07) is 3.42. The third kappa shape index (κ3) is 5.25. The Morgan fingerprint density at radius 1 is 1.23 bits per heavy atom. The summed E-state index contributed by atoms with van der Waals surface area (Å²) in [7, 11) is 1.42. The SMILES string of the molecule is COc1cc(N)c(C=NC2CCCCC2)cc1NC(=O)c1cnc(C(F)(F)F)nc1. The van der Waals surface area contributed by atoms with Gasteiger partial charge >= 0.3 is 6.18 Å². The second-order valence-electron chi connectivity index (χ2n) is 7.00. The maximum Gasteiger partial charge on any atom is 0.451 e. The first-order valence-electron chi connectivity index (χ1n) is 9.49. The van der Waals surface area contributed by atoms with Crippen LogP contribution >= 0.6 is 0 Å². The highest BCUT2D eigenvalue weighted by Crippen LogP contribution is 2.30. The van der Waals surface area contributed by atoms with Crippen molar-refractivity contribution in [3.05, 3.63) is 41.5 Å². The summed E-state index contributed by atoms with van der Waals surface area (Å²) >= 11 is 0. The first kappa shape index (κ1) is 21.5. The standard InChI is InChI=1S/C20H22F3N5O2/c1-30-17-8-15(24)12(9-25-14-5-3-2-4-6-14)7-16(17)28-18(29)13-10-26-19(27-11-13)20(21,22)23/h7-11,14H,2-6,24H2,1H3,(H,28,29). The van der Waals surface area contributed by atoms with E-state index in [1.165, 1.54) is 13.5 Å². The summed E-state index contributed by atoms with van der Waals surface area (Å²) < 4.78 is 43.0. The van der Waals surface area contributed by atoms with Gasteiger partial charge in [-0.1, -0.05) is 19.3 Å². The van der Waals surface area contributed by atoms with E-state index in [1.807, 2.05) is 0 Å². The number of ether oxygens (including phenoxy) is 1. The zero-order valence-corrected chi connectivity index (χ0v) is 16.4. The van der Waals surface area contributed by atoms with E-state index in [0.29, 0.717) is 22.7 Å². The Balaban J connectivity index is 1.80. The largest absolute Gasteiger partial charge is 0.494 e. The summed E-state index contributed by atoms with van der Waals surface area (Å²) in [6.07, 6.45) is 4.23. The molecule has 10 heteroatoms. The maximum atomic E-state index is 12.6. The van der Waals surface area contributed by atoms with Crippen LogP contribution in [-0.2, 0) is 6.18 Å². The van der Waals surface area contributed by atoms with Gasteiger partial charge in [-0.3, -0.25) is 9.79 Å². The number of benzene rings is 1. The van der Waals surface area contributed by atoms with E-state index in [9.17, 15) is 18.0 Å². The highest BCUT2D eigenvalue weighted by Gasteiger charge is 2.34. The molecule has 0 aliphatic heterocycles. The van der Waals surface area contributed by atoms with Crippen LogP contribution < -0.4 is 15.8 Å². The molecule has 2 aromatic rings. The molecule has 0 atom stereocenters. The summed E-state index contributed by atoms with van der Waals surface area (Å²) in [4.78, 5) is 23.4. The Hall–Kier alpha value is -3.17. The van der Waals surface area contributed by atoms with E-state index >= 15 is 0 Å². The molecule has 1 amide bonds. The fourth-order valence-electron chi connectivity index (χ4n) is 3.19. The Bertz CT molecular complexity index is 923. The van der Waals surface area contributed by atoms with Crippen molar-refractivity contribution in [3.8, 4) is 5.75 Å². The van der Waals surface area contributed by atoms with Gasteiger partial charge in [-0.05, 0) is 18.9 Å².